The molecule has 2 amide bonds. The van der Waals surface area contributed by atoms with Gasteiger partial charge in [-0.1, -0.05) is 36.4 Å². The van der Waals surface area contributed by atoms with E-state index in [0.29, 0.717) is 17.9 Å². The molecule has 1 fully saturated rings. The number of rotatable bonds is 9. The number of imide groups is 1. The van der Waals surface area contributed by atoms with Crippen LogP contribution in [0.2, 0.25) is 0 Å². The lowest BCUT2D eigenvalue weighted by Gasteiger charge is -2.26. The molecule has 188 valence electrons. The highest BCUT2D eigenvalue weighted by atomic mass is 16.6. The van der Waals surface area contributed by atoms with Crippen LogP contribution in [0.4, 0.5) is 4.79 Å². The van der Waals surface area contributed by atoms with Gasteiger partial charge in [0.1, 0.15) is 12.2 Å². The van der Waals surface area contributed by atoms with Crippen molar-refractivity contribution in [2.45, 2.75) is 51.7 Å². The zero-order chi connectivity index (χ0) is 25.6. The predicted molar refractivity (Wildman–Crippen MR) is 129 cm³/mol. The van der Waals surface area contributed by atoms with Gasteiger partial charge in [-0.2, -0.15) is 0 Å². The Morgan fingerprint density at radius 3 is 2.34 bits per heavy atom. The van der Waals surface area contributed by atoms with E-state index in [1.165, 1.54) is 14.2 Å². The summed E-state index contributed by atoms with van der Waals surface area (Å²) in [4.78, 5) is 40.2. The standard InChI is InChI=1S/C27H33NO7/c1-27(2,3)35-24(29)16-20(13-19-11-12-22(32-4)23(15-19)33-5)25(30)28-21(17-34-26(28)31)14-18-9-7-6-8-10-18/h6-12,15,20-21H,13-14,16-17H2,1-5H3/t20-,21+/m1/s1. The van der Waals surface area contributed by atoms with E-state index in [1.54, 1.807) is 39.0 Å². The molecule has 8 nitrogen and oxygen atoms in total. The third kappa shape index (κ3) is 6.97. The van der Waals surface area contributed by atoms with E-state index in [4.69, 9.17) is 18.9 Å². The summed E-state index contributed by atoms with van der Waals surface area (Å²) in [6, 6.07) is 14.4. The van der Waals surface area contributed by atoms with Crippen LogP contribution in [-0.4, -0.2) is 55.3 Å². The van der Waals surface area contributed by atoms with Crippen molar-refractivity contribution in [3.63, 3.8) is 0 Å². The Morgan fingerprint density at radius 2 is 1.71 bits per heavy atom. The number of amides is 2. The summed E-state index contributed by atoms with van der Waals surface area (Å²) in [6.07, 6.45) is -0.196. The third-order valence-electron chi connectivity index (χ3n) is 5.63. The highest BCUT2D eigenvalue weighted by Crippen LogP contribution is 2.30. The lowest BCUT2D eigenvalue weighted by atomic mass is 9.93. The second-order valence-electron chi connectivity index (χ2n) is 9.51. The number of carbonyl (C=O) groups is 3. The Labute approximate surface area is 206 Å². The zero-order valence-corrected chi connectivity index (χ0v) is 20.9. The average Bonchev–Trinajstić information content (AvgIpc) is 3.17. The zero-order valence-electron chi connectivity index (χ0n) is 20.9. The molecule has 0 aliphatic carbocycles. The number of methoxy groups -OCH3 is 2. The van der Waals surface area contributed by atoms with Crippen LogP contribution in [0.5, 0.6) is 11.5 Å². The molecule has 1 heterocycles. The largest absolute Gasteiger partial charge is 0.493 e. The molecule has 3 rings (SSSR count). The molecule has 2 aromatic carbocycles. The quantitative estimate of drug-likeness (QED) is 0.494. The lowest BCUT2D eigenvalue weighted by Crippen LogP contribution is -2.45. The molecule has 0 unspecified atom stereocenters. The minimum atomic E-state index is -0.827. The van der Waals surface area contributed by atoms with Crippen molar-refractivity contribution < 1.29 is 33.3 Å². The predicted octanol–water partition coefficient (Wildman–Crippen LogP) is 4.18. The fourth-order valence-corrected chi connectivity index (χ4v) is 4.09. The summed E-state index contributed by atoms with van der Waals surface area (Å²) in [5, 5.41) is 0. The van der Waals surface area contributed by atoms with Crippen molar-refractivity contribution in [1.29, 1.82) is 0 Å². The van der Waals surface area contributed by atoms with Gasteiger partial charge in [0.15, 0.2) is 11.5 Å². The molecule has 2 atom stereocenters. The molecular weight excluding hydrogens is 450 g/mol. The van der Waals surface area contributed by atoms with Crippen LogP contribution in [0.15, 0.2) is 48.5 Å². The highest BCUT2D eigenvalue weighted by molar-refractivity contribution is 5.96. The summed E-state index contributed by atoms with van der Waals surface area (Å²) >= 11 is 0. The maximum Gasteiger partial charge on any atom is 0.416 e. The maximum absolute atomic E-state index is 13.7. The maximum atomic E-state index is 13.7. The van der Waals surface area contributed by atoms with E-state index in [1.807, 2.05) is 30.3 Å². The number of cyclic esters (lactones) is 1. The fraction of sp³-hybridized carbons (Fsp3) is 0.444. The van der Waals surface area contributed by atoms with E-state index in [9.17, 15) is 14.4 Å². The molecule has 0 aromatic heterocycles. The van der Waals surface area contributed by atoms with Crippen LogP contribution in [0.1, 0.15) is 38.3 Å². The first-order chi connectivity index (χ1) is 16.6. The minimum Gasteiger partial charge on any atom is -0.493 e. The van der Waals surface area contributed by atoms with Crippen LogP contribution in [0.3, 0.4) is 0 Å². The van der Waals surface area contributed by atoms with Crippen molar-refractivity contribution in [3.8, 4) is 11.5 Å². The smallest absolute Gasteiger partial charge is 0.416 e. The van der Waals surface area contributed by atoms with Crippen LogP contribution in [-0.2, 0) is 31.9 Å². The van der Waals surface area contributed by atoms with Gasteiger partial charge >= 0.3 is 12.1 Å². The van der Waals surface area contributed by atoms with Crippen LogP contribution in [0.25, 0.3) is 0 Å². The Kier molecular flexibility index (Phi) is 8.38. The van der Waals surface area contributed by atoms with Gasteiger partial charge in [-0.15, -0.1) is 0 Å². The van der Waals surface area contributed by atoms with Crippen LogP contribution >= 0.6 is 0 Å². The van der Waals surface area contributed by atoms with Gasteiger partial charge < -0.3 is 18.9 Å². The summed E-state index contributed by atoms with van der Waals surface area (Å²) < 4.78 is 21.4. The summed E-state index contributed by atoms with van der Waals surface area (Å²) in [7, 11) is 3.07. The van der Waals surface area contributed by atoms with Gasteiger partial charge in [0.2, 0.25) is 5.91 Å². The normalized spacial score (nSPS) is 16.4. The number of ether oxygens (including phenoxy) is 4. The van der Waals surface area contributed by atoms with Crippen molar-refractivity contribution >= 4 is 18.0 Å². The molecular formula is C27H33NO7. The van der Waals surface area contributed by atoms with Gasteiger partial charge in [0, 0.05) is 0 Å². The topological polar surface area (TPSA) is 91.4 Å². The minimum absolute atomic E-state index is 0.106. The van der Waals surface area contributed by atoms with E-state index in [-0.39, 0.29) is 19.4 Å². The number of esters is 1. The molecule has 1 saturated heterocycles. The van der Waals surface area contributed by atoms with Gasteiger partial charge in [-0.25, -0.2) is 9.69 Å². The monoisotopic (exact) mass is 483 g/mol. The Balaban J connectivity index is 1.87. The first-order valence-corrected chi connectivity index (χ1v) is 11.6. The van der Waals surface area contributed by atoms with Crippen molar-refractivity contribution in [3.05, 3.63) is 59.7 Å². The van der Waals surface area contributed by atoms with Gasteiger partial charge in [0.05, 0.1) is 32.6 Å². The third-order valence-corrected chi connectivity index (χ3v) is 5.63. The lowest BCUT2D eigenvalue weighted by molar-refractivity contribution is -0.158. The molecule has 0 spiro atoms. The highest BCUT2D eigenvalue weighted by Gasteiger charge is 2.41. The molecule has 1 aliphatic rings. The summed E-state index contributed by atoms with van der Waals surface area (Å²) in [6.45, 7) is 5.41. The van der Waals surface area contributed by atoms with E-state index in [2.05, 4.69) is 0 Å². The Bertz CT molecular complexity index is 1050. The number of carbonyl (C=O) groups excluding carboxylic acids is 3. The van der Waals surface area contributed by atoms with E-state index >= 15 is 0 Å². The molecule has 0 bridgehead atoms. The van der Waals surface area contributed by atoms with Crippen LogP contribution in [0, 0.1) is 5.92 Å². The second kappa shape index (κ2) is 11.3. The molecule has 0 N–H and O–H groups in total. The van der Waals surface area contributed by atoms with E-state index in [0.717, 1.165) is 16.0 Å². The Morgan fingerprint density at radius 1 is 1.03 bits per heavy atom. The van der Waals surface area contributed by atoms with Gasteiger partial charge in [0.25, 0.3) is 0 Å². The van der Waals surface area contributed by atoms with Crippen molar-refractivity contribution in [2.24, 2.45) is 5.92 Å². The number of nitrogens with zero attached hydrogens (tertiary/aromatic N) is 1. The molecule has 0 radical (unpaired) electrons. The summed E-state index contributed by atoms with van der Waals surface area (Å²) in [5.41, 5.74) is 1.05. The number of hydrogen-bond donors (Lipinski definition) is 0. The van der Waals surface area contributed by atoms with Crippen molar-refractivity contribution in [1.82, 2.24) is 4.90 Å². The average molecular weight is 484 g/mol. The van der Waals surface area contributed by atoms with Crippen molar-refractivity contribution in [2.75, 3.05) is 20.8 Å². The number of hydrogen-bond acceptors (Lipinski definition) is 7. The molecule has 0 saturated carbocycles. The molecule has 1 aliphatic heterocycles. The fourth-order valence-electron chi connectivity index (χ4n) is 4.09. The molecule has 2 aromatic rings. The first kappa shape index (κ1) is 26.1. The second-order valence-corrected chi connectivity index (χ2v) is 9.51. The van der Waals surface area contributed by atoms with Crippen LogP contribution < -0.4 is 9.47 Å². The Hall–Kier alpha value is -3.55. The number of benzene rings is 2. The molecule has 35 heavy (non-hydrogen) atoms. The SMILES string of the molecule is COc1ccc(C[C@H](CC(=O)OC(C)(C)C)C(=O)N2C(=O)OC[C@@H]2Cc2ccccc2)cc1OC. The first-order valence-electron chi connectivity index (χ1n) is 11.6. The van der Waals surface area contributed by atoms with Gasteiger partial charge in [-0.05, 0) is 56.9 Å². The van der Waals surface area contributed by atoms with E-state index < -0.39 is 35.5 Å². The molecule has 8 heteroatoms. The summed E-state index contributed by atoms with van der Waals surface area (Å²) in [5.74, 6) is -0.738. The van der Waals surface area contributed by atoms with Gasteiger partial charge in [-0.3, -0.25) is 9.59 Å².